The summed E-state index contributed by atoms with van der Waals surface area (Å²) in [5.41, 5.74) is 0.317. The summed E-state index contributed by atoms with van der Waals surface area (Å²) in [6.07, 6.45) is 2.45. The largest absolute Gasteiger partial charge is 0.382 e. The van der Waals surface area contributed by atoms with Crippen molar-refractivity contribution in [1.29, 1.82) is 0 Å². The van der Waals surface area contributed by atoms with Crippen molar-refractivity contribution in [1.82, 2.24) is 14.7 Å². The molecule has 0 aromatic carbocycles. The maximum absolute atomic E-state index is 12.0. The van der Waals surface area contributed by atoms with E-state index in [1.54, 1.807) is 6.20 Å². The van der Waals surface area contributed by atoms with Gasteiger partial charge < -0.3 is 15.0 Å². The molecule has 1 rings (SSSR count). The van der Waals surface area contributed by atoms with Crippen LogP contribution >= 0.6 is 11.6 Å². The highest BCUT2D eigenvalue weighted by atomic mass is 35.5. The zero-order valence-corrected chi connectivity index (χ0v) is 13.1. The van der Waals surface area contributed by atoms with Gasteiger partial charge in [-0.15, -0.1) is 0 Å². The molecular weight excluding hydrogens is 280 g/mol. The van der Waals surface area contributed by atoms with Crippen molar-refractivity contribution in [2.45, 2.75) is 19.9 Å². The Hall–Kier alpha value is -1.11. The summed E-state index contributed by atoms with van der Waals surface area (Å²) in [4.78, 5) is 14.0. The van der Waals surface area contributed by atoms with E-state index in [-0.39, 0.29) is 10.6 Å². The second-order valence-electron chi connectivity index (χ2n) is 4.68. The zero-order chi connectivity index (χ0) is 15.0. The van der Waals surface area contributed by atoms with Crippen LogP contribution in [0.3, 0.4) is 0 Å². The van der Waals surface area contributed by atoms with Crippen LogP contribution in [-0.2, 0) is 11.3 Å². The molecule has 0 aliphatic rings. The first-order chi connectivity index (χ1) is 9.56. The smallest absolute Gasteiger partial charge is 0.287 e. The maximum Gasteiger partial charge on any atom is 0.287 e. The highest BCUT2D eigenvalue weighted by Crippen LogP contribution is 2.14. The second kappa shape index (κ2) is 8.94. The van der Waals surface area contributed by atoms with Gasteiger partial charge >= 0.3 is 0 Å². The van der Waals surface area contributed by atoms with E-state index in [2.05, 4.69) is 10.4 Å². The van der Waals surface area contributed by atoms with Gasteiger partial charge in [0.05, 0.1) is 18.4 Å². The normalized spacial score (nSPS) is 11.1. The molecule has 20 heavy (non-hydrogen) atoms. The molecule has 0 radical (unpaired) electrons. The molecule has 0 atom stereocenters. The molecule has 0 unspecified atom stereocenters. The summed E-state index contributed by atoms with van der Waals surface area (Å²) in [5, 5.41) is 7.42. The fourth-order valence-corrected chi connectivity index (χ4v) is 1.80. The molecule has 0 saturated heterocycles. The van der Waals surface area contributed by atoms with Crippen LogP contribution < -0.4 is 10.9 Å². The van der Waals surface area contributed by atoms with Crippen LogP contribution in [0.5, 0.6) is 0 Å². The van der Waals surface area contributed by atoms with Crippen molar-refractivity contribution in [2.24, 2.45) is 0 Å². The van der Waals surface area contributed by atoms with E-state index in [0.29, 0.717) is 32.0 Å². The molecule has 0 bridgehead atoms. The SMILES string of the molecule is CCOCCCNc1cnn(CCN(C)C)c(=O)c1Cl. The molecular formula is C13H23ClN4O2. The third-order valence-corrected chi connectivity index (χ3v) is 3.09. The minimum Gasteiger partial charge on any atom is -0.382 e. The summed E-state index contributed by atoms with van der Waals surface area (Å²) in [6.45, 7) is 5.32. The third-order valence-electron chi connectivity index (χ3n) is 2.73. The first kappa shape index (κ1) is 16.9. The highest BCUT2D eigenvalue weighted by molar-refractivity contribution is 6.32. The van der Waals surface area contributed by atoms with E-state index in [0.717, 1.165) is 13.0 Å². The average molecular weight is 303 g/mol. The average Bonchev–Trinajstić information content (AvgIpc) is 2.42. The van der Waals surface area contributed by atoms with Gasteiger partial charge in [0, 0.05) is 26.3 Å². The summed E-state index contributed by atoms with van der Waals surface area (Å²) in [7, 11) is 3.89. The monoisotopic (exact) mass is 302 g/mol. The molecule has 1 heterocycles. The van der Waals surface area contributed by atoms with E-state index >= 15 is 0 Å². The van der Waals surface area contributed by atoms with E-state index in [9.17, 15) is 4.79 Å². The van der Waals surface area contributed by atoms with Crippen LogP contribution in [0.15, 0.2) is 11.0 Å². The number of likely N-dealkylation sites (N-methyl/N-ethyl adjacent to an activating group) is 1. The number of hydrogen-bond donors (Lipinski definition) is 1. The maximum atomic E-state index is 12.0. The van der Waals surface area contributed by atoms with E-state index in [4.69, 9.17) is 16.3 Å². The van der Waals surface area contributed by atoms with Crippen LogP contribution in [-0.4, -0.2) is 55.1 Å². The molecule has 0 fully saturated rings. The lowest BCUT2D eigenvalue weighted by Crippen LogP contribution is -2.29. The fourth-order valence-electron chi connectivity index (χ4n) is 1.58. The van der Waals surface area contributed by atoms with Gasteiger partial charge in [0.1, 0.15) is 5.02 Å². The second-order valence-corrected chi connectivity index (χ2v) is 5.06. The minimum absolute atomic E-state index is 0.190. The number of nitrogens with zero attached hydrogens (tertiary/aromatic N) is 3. The van der Waals surface area contributed by atoms with Crippen molar-refractivity contribution in [3.8, 4) is 0 Å². The van der Waals surface area contributed by atoms with Crippen LogP contribution in [0.1, 0.15) is 13.3 Å². The van der Waals surface area contributed by atoms with Crippen LogP contribution in [0.2, 0.25) is 5.02 Å². The van der Waals surface area contributed by atoms with Gasteiger partial charge in [-0.05, 0) is 27.4 Å². The first-order valence-electron chi connectivity index (χ1n) is 6.78. The molecule has 6 nitrogen and oxygen atoms in total. The van der Waals surface area contributed by atoms with Crippen molar-refractivity contribution < 1.29 is 4.74 Å². The summed E-state index contributed by atoms with van der Waals surface area (Å²) >= 11 is 6.07. The van der Waals surface area contributed by atoms with Crippen molar-refractivity contribution in [2.75, 3.05) is 45.7 Å². The molecule has 0 aliphatic heterocycles. The summed E-state index contributed by atoms with van der Waals surface area (Å²) < 4.78 is 6.62. The van der Waals surface area contributed by atoms with Crippen molar-refractivity contribution in [3.63, 3.8) is 0 Å². The predicted molar refractivity (Wildman–Crippen MR) is 81.7 cm³/mol. The highest BCUT2D eigenvalue weighted by Gasteiger charge is 2.08. The molecule has 1 aromatic heterocycles. The van der Waals surface area contributed by atoms with E-state index in [1.807, 2.05) is 25.9 Å². The van der Waals surface area contributed by atoms with Crippen molar-refractivity contribution in [3.05, 3.63) is 21.6 Å². The Labute approximate surface area is 124 Å². The minimum atomic E-state index is -0.261. The van der Waals surface area contributed by atoms with Crippen LogP contribution in [0.25, 0.3) is 0 Å². The number of anilines is 1. The van der Waals surface area contributed by atoms with Gasteiger partial charge in [-0.1, -0.05) is 11.6 Å². The van der Waals surface area contributed by atoms with E-state index < -0.39 is 0 Å². The van der Waals surface area contributed by atoms with Gasteiger partial charge in [0.15, 0.2) is 0 Å². The Morgan fingerprint density at radius 2 is 2.25 bits per heavy atom. The molecule has 114 valence electrons. The summed E-state index contributed by atoms with van der Waals surface area (Å²) in [5.74, 6) is 0. The number of halogens is 1. The van der Waals surface area contributed by atoms with Gasteiger partial charge in [0.2, 0.25) is 0 Å². The lowest BCUT2D eigenvalue weighted by molar-refractivity contribution is 0.147. The van der Waals surface area contributed by atoms with Gasteiger partial charge in [-0.2, -0.15) is 5.10 Å². The lowest BCUT2D eigenvalue weighted by Gasteiger charge is -2.12. The Morgan fingerprint density at radius 1 is 1.50 bits per heavy atom. The van der Waals surface area contributed by atoms with E-state index in [1.165, 1.54) is 4.68 Å². The Morgan fingerprint density at radius 3 is 2.90 bits per heavy atom. The number of hydrogen-bond acceptors (Lipinski definition) is 5. The van der Waals surface area contributed by atoms with Gasteiger partial charge in [-0.3, -0.25) is 4.79 Å². The Bertz CT molecular complexity index is 462. The molecule has 0 spiro atoms. The van der Waals surface area contributed by atoms with Crippen LogP contribution in [0.4, 0.5) is 5.69 Å². The summed E-state index contributed by atoms with van der Waals surface area (Å²) in [6, 6.07) is 0. The molecule has 7 heteroatoms. The number of nitrogens with one attached hydrogen (secondary N) is 1. The molecule has 0 aliphatic carbocycles. The predicted octanol–water partition coefficient (Wildman–Crippen LogP) is 1.30. The third kappa shape index (κ3) is 5.48. The number of ether oxygens (including phenoxy) is 1. The first-order valence-corrected chi connectivity index (χ1v) is 7.16. The van der Waals surface area contributed by atoms with Gasteiger partial charge in [0.25, 0.3) is 5.56 Å². The quantitative estimate of drug-likeness (QED) is 0.697. The van der Waals surface area contributed by atoms with Crippen molar-refractivity contribution >= 4 is 17.3 Å². The zero-order valence-electron chi connectivity index (χ0n) is 12.4. The lowest BCUT2D eigenvalue weighted by atomic mass is 10.4. The molecule has 0 amide bonds. The molecule has 1 aromatic rings. The standard InChI is InChI=1S/C13H23ClN4O2/c1-4-20-9-5-6-15-11-10-16-18(8-7-17(2)3)13(19)12(11)14/h10,15H,4-9H2,1-3H3. The molecule has 0 saturated carbocycles. The Balaban J connectivity index is 2.57. The van der Waals surface area contributed by atoms with Gasteiger partial charge in [-0.25, -0.2) is 4.68 Å². The fraction of sp³-hybridized carbons (Fsp3) is 0.692. The van der Waals surface area contributed by atoms with Crippen LogP contribution in [0, 0.1) is 0 Å². The molecule has 1 N–H and O–H groups in total. The number of rotatable bonds is 9. The number of aromatic nitrogens is 2. The topological polar surface area (TPSA) is 59.4 Å². The Kier molecular flexibility index (Phi) is 7.58.